The molecule has 7 heteroatoms. The van der Waals surface area contributed by atoms with E-state index >= 15 is 0 Å². The van der Waals surface area contributed by atoms with Crippen molar-refractivity contribution in [3.8, 4) is 0 Å². The summed E-state index contributed by atoms with van der Waals surface area (Å²) in [6.07, 6.45) is 8.62. The molecule has 0 N–H and O–H groups in total. The third kappa shape index (κ3) is 4.77. The lowest BCUT2D eigenvalue weighted by Gasteiger charge is -2.31. The predicted molar refractivity (Wildman–Crippen MR) is 94.0 cm³/mol. The summed E-state index contributed by atoms with van der Waals surface area (Å²) in [6.45, 7) is 6.99. The average molecular weight is 347 g/mol. The fourth-order valence-corrected chi connectivity index (χ4v) is 3.83. The molecule has 24 heavy (non-hydrogen) atoms. The van der Waals surface area contributed by atoms with E-state index in [1.54, 1.807) is 11.8 Å². The minimum atomic E-state index is 0.362. The third-order valence-corrected chi connectivity index (χ3v) is 5.19. The van der Waals surface area contributed by atoms with Gasteiger partial charge in [-0.3, -0.25) is 4.90 Å². The van der Waals surface area contributed by atoms with Gasteiger partial charge in [-0.1, -0.05) is 30.3 Å². The third-order valence-electron chi connectivity index (χ3n) is 4.23. The van der Waals surface area contributed by atoms with Crippen molar-refractivity contribution in [3.05, 3.63) is 29.7 Å². The van der Waals surface area contributed by atoms with Crippen LogP contribution >= 0.6 is 11.8 Å². The number of aryl methyl sites for hydroxylation is 1. The molecule has 0 amide bonds. The van der Waals surface area contributed by atoms with E-state index in [2.05, 4.69) is 31.9 Å². The first kappa shape index (κ1) is 17.4. The molecule has 1 aliphatic rings. The van der Waals surface area contributed by atoms with Gasteiger partial charge in [-0.25, -0.2) is 9.97 Å². The summed E-state index contributed by atoms with van der Waals surface area (Å²) in [4.78, 5) is 15.8. The molecule has 0 aromatic carbocycles. The summed E-state index contributed by atoms with van der Waals surface area (Å²) in [7, 11) is 0. The van der Waals surface area contributed by atoms with Crippen LogP contribution in [-0.2, 0) is 6.54 Å². The van der Waals surface area contributed by atoms with E-state index in [4.69, 9.17) is 4.52 Å². The molecule has 0 spiro atoms. The Kier molecular flexibility index (Phi) is 6.20. The van der Waals surface area contributed by atoms with E-state index in [0.29, 0.717) is 11.8 Å². The van der Waals surface area contributed by atoms with E-state index < -0.39 is 0 Å². The second-order valence-corrected chi connectivity index (χ2v) is 7.38. The molecule has 1 fully saturated rings. The van der Waals surface area contributed by atoms with Gasteiger partial charge in [0.15, 0.2) is 11.0 Å². The Morgan fingerprint density at radius 1 is 1.33 bits per heavy atom. The molecule has 2 aromatic heterocycles. The topological polar surface area (TPSA) is 67.9 Å². The van der Waals surface area contributed by atoms with Crippen molar-refractivity contribution in [2.75, 3.05) is 18.8 Å². The lowest BCUT2D eigenvalue weighted by atomic mass is 9.97. The van der Waals surface area contributed by atoms with Crippen LogP contribution in [-0.4, -0.2) is 43.9 Å². The average Bonchev–Trinajstić information content (AvgIpc) is 3.04. The lowest BCUT2D eigenvalue weighted by Crippen LogP contribution is -2.34. The van der Waals surface area contributed by atoms with E-state index in [9.17, 15) is 0 Å². The second kappa shape index (κ2) is 8.58. The zero-order chi connectivity index (χ0) is 16.8. The summed E-state index contributed by atoms with van der Waals surface area (Å²) in [5, 5.41) is 4.97. The number of unbranched alkanes of at least 4 members (excludes halogenated alkanes) is 1. The van der Waals surface area contributed by atoms with Gasteiger partial charge in [-0.05, 0) is 25.8 Å². The van der Waals surface area contributed by atoms with Crippen LogP contribution in [0.3, 0.4) is 0 Å². The molecular weight excluding hydrogens is 322 g/mol. The van der Waals surface area contributed by atoms with Gasteiger partial charge in [0.05, 0.1) is 0 Å². The maximum Gasteiger partial charge on any atom is 0.223 e. The van der Waals surface area contributed by atoms with E-state index in [1.165, 1.54) is 18.4 Å². The van der Waals surface area contributed by atoms with E-state index in [1.807, 2.05) is 19.3 Å². The highest BCUT2D eigenvalue weighted by atomic mass is 32.2. The van der Waals surface area contributed by atoms with E-state index in [0.717, 1.165) is 49.2 Å². The number of piperidine rings is 1. The van der Waals surface area contributed by atoms with Gasteiger partial charge < -0.3 is 4.52 Å². The van der Waals surface area contributed by atoms with Crippen LogP contribution in [0.15, 0.2) is 22.1 Å². The number of likely N-dealkylation sites (tertiary alicyclic amines) is 1. The Morgan fingerprint density at radius 2 is 2.17 bits per heavy atom. The van der Waals surface area contributed by atoms with Crippen molar-refractivity contribution in [3.63, 3.8) is 0 Å². The molecule has 0 unspecified atom stereocenters. The summed E-state index contributed by atoms with van der Waals surface area (Å²) in [5.74, 6) is 2.94. The van der Waals surface area contributed by atoms with Gasteiger partial charge in [0.25, 0.3) is 0 Å². The molecule has 1 saturated heterocycles. The van der Waals surface area contributed by atoms with Crippen molar-refractivity contribution >= 4 is 11.8 Å². The van der Waals surface area contributed by atoms with Gasteiger partial charge in [0.1, 0.15) is 0 Å². The molecule has 0 bridgehead atoms. The maximum absolute atomic E-state index is 5.12. The molecule has 0 radical (unpaired) electrons. The number of rotatable bonds is 7. The Balaban J connectivity index is 1.53. The van der Waals surface area contributed by atoms with Crippen molar-refractivity contribution in [2.24, 2.45) is 0 Å². The maximum atomic E-state index is 5.12. The Bertz CT molecular complexity index is 630. The SMILES string of the molecule is CCCCSc1ncc(CN2CCC[C@@H](c3noc(C)n3)C2)cn1. The van der Waals surface area contributed by atoms with Gasteiger partial charge in [-0.2, -0.15) is 4.98 Å². The molecule has 2 aromatic rings. The first-order chi connectivity index (χ1) is 11.7. The first-order valence-corrected chi connectivity index (χ1v) is 9.69. The number of hydrogen-bond acceptors (Lipinski definition) is 7. The van der Waals surface area contributed by atoms with Crippen molar-refractivity contribution < 1.29 is 4.52 Å². The predicted octanol–water partition coefficient (Wildman–Crippen LogP) is 3.44. The molecule has 1 atom stereocenters. The van der Waals surface area contributed by atoms with Crippen LogP contribution in [0.1, 0.15) is 55.8 Å². The fraction of sp³-hybridized carbons (Fsp3) is 0.647. The van der Waals surface area contributed by atoms with Crippen molar-refractivity contribution in [1.82, 2.24) is 25.0 Å². The fourth-order valence-electron chi connectivity index (χ4n) is 2.96. The Labute approximate surface area is 147 Å². The molecule has 3 rings (SSSR count). The summed E-state index contributed by atoms with van der Waals surface area (Å²) in [5.41, 5.74) is 1.17. The second-order valence-electron chi connectivity index (χ2n) is 6.32. The number of hydrogen-bond donors (Lipinski definition) is 0. The summed E-state index contributed by atoms with van der Waals surface area (Å²) < 4.78 is 5.12. The smallest absolute Gasteiger partial charge is 0.223 e. The van der Waals surface area contributed by atoms with E-state index in [-0.39, 0.29) is 0 Å². The van der Waals surface area contributed by atoms with Crippen LogP contribution in [0.25, 0.3) is 0 Å². The number of thioether (sulfide) groups is 1. The number of aromatic nitrogens is 4. The van der Waals surface area contributed by atoms with Crippen molar-refractivity contribution in [2.45, 2.75) is 57.1 Å². The highest BCUT2D eigenvalue weighted by Gasteiger charge is 2.25. The minimum absolute atomic E-state index is 0.362. The summed E-state index contributed by atoms with van der Waals surface area (Å²) in [6, 6.07) is 0. The standard InChI is InChI=1S/C17H25N5OS/c1-3-4-8-24-17-18-9-14(10-19-17)11-22-7-5-6-15(12-22)16-20-13(2)23-21-16/h9-10,15H,3-8,11-12H2,1-2H3/t15-/m1/s1. The highest BCUT2D eigenvalue weighted by Crippen LogP contribution is 2.25. The molecule has 6 nitrogen and oxygen atoms in total. The molecule has 3 heterocycles. The highest BCUT2D eigenvalue weighted by molar-refractivity contribution is 7.99. The quantitative estimate of drug-likeness (QED) is 0.432. The zero-order valence-electron chi connectivity index (χ0n) is 14.4. The first-order valence-electron chi connectivity index (χ1n) is 8.71. The largest absolute Gasteiger partial charge is 0.340 e. The lowest BCUT2D eigenvalue weighted by molar-refractivity contribution is 0.194. The monoisotopic (exact) mass is 347 g/mol. The zero-order valence-corrected chi connectivity index (χ0v) is 15.3. The van der Waals surface area contributed by atoms with Crippen LogP contribution in [0, 0.1) is 6.92 Å². The van der Waals surface area contributed by atoms with Gasteiger partial charge in [0, 0.05) is 49.6 Å². The Morgan fingerprint density at radius 3 is 2.88 bits per heavy atom. The molecule has 130 valence electrons. The summed E-state index contributed by atoms with van der Waals surface area (Å²) >= 11 is 1.74. The van der Waals surface area contributed by atoms with Crippen LogP contribution in [0.5, 0.6) is 0 Å². The molecule has 1 aliphatic heterocycles. The van der Waals surface area contributed by atoms with Gasteiger partial charge >= 0.3 is 0 Å². The number of nitrogens with zero attached hydrogens (tertiary/aromatic N) is 5. The molecular formula is C17H25N5OS. The van der Waals surface area contributed by atoms with Gasteiger partial charge in [-0.15, -0.1) is 0 Å². The molecule has 0 aliphatic carbocycles. The molecule has 0 saturated carbocycles. The van der Waals surface area contributed by atoms with Crippen molar-refractivity contribution in [1.29, 1.82) is 0 Å². The van der Waals surface area contributed by atoms with Gasteiger partial charge in [0.2, 0.25) is 5.89 Å². The van der Waals surface area contributed by atoms with Crippen LogP contribution in [0.4, 0.5) is 0 Å². The normalized spacial score (nSPS) is 18.8. The van der Waals surface area contributed by atoms with Crippen LogP contribution < -0.4 is 0 Å². The van der Waals surface area contributed by atoms with Crippen LogP contribution in [0.2, 0.25) is 0 Å². The Hall–Kier alpha value is -1.47. The minimum Gasteiger partial charge on any atom is -0.340 e.